The lowest BCUT2D eigenvalue weighted by molar-refractivity contribution is 0.343. The summed E-state index contributed by atoms with van der Waals surface area (Å²) >= 11 is 1.71. The molecule has 0 spiro atoms. The fourth-order valence-corrected chi connectivity index (χ4v) is 3.14. The first kappa shape index (κ1) is 13.0. The largest absolute Gasteiger partial charge is 0.492 e. The van der Waals surface area contributed by atoms with Gasteiger partial charge in [-0.25, -0.2) is 4.98 Å². The van der Waals surface area contributed by atoms with Gasteiger partial charge in [-0.3, -0.25) is 0 Å². The minimum Gasteiger partial charge on any atom is -0.492 e. The number of imidazole rings is 1. The fraction of sp³-hybridized carbons (Fsp3) is 0.267. The molecule has 0 aliphatic rings. The molecule has 0 amide bonds. The van der Waals surface area contributed by atoms with Crippen molar-refractivity contribution < 1.29 is 4.74 Å². The van der Waals surface area contributed by atoms with Gasteiger partial charge in [0.05, 0.1) is 18.7 Å². The number of aromatic nitrogens is 2. The Morgan fingerprint density at radius 1 is 1.35 bits per heavy atom. The molecule has 2 aromatic heterocycles. The maximum atomic E-state index is 6.08. The zero-order valence-corrected chi connectivity index (χ0v) is 12.4. The molecule has 0 radical (unpaired) electrons. The van der Waals surface area contributed by atoms with Crippen LogP contribution in [0.2, 0.25) is 0 Å². The maximum absolute atomic E-state index is 6.08. The second kappa shape index (κ2) is 5.17. The molecular formula is C15H17N3OS. The van der Waals surface area contributed by atoms with E-state index in [1.807, 2.05) is 29.7 Å². The van der Waals surface area contributed by atoms with E-state index in [2.05, 4.69) is 22.7 Å². The number of fused-ring (bicyclic) bond motifs is 1. The molecule has 0 aliphatic heterocycles. The van der Waals surface area contributed by atoms with E-state index in [4.69, 9.17) is 10.5 Å². The number of thiophene rings is 1. The highest BCUT2D eigenvalue weighted by atomic mass is 32.1. The molecule has 0 bridgehead atoms. The van der Waals surface area contributed by atoms with Crippen LogP contribution in [0, 0.1) is 6.92 Å². The van der Waals surface area contributed by atoms with Gasteiger partial charge in [0.25, 0.3) is 0 Å². The maximum Gasteiger partial charge on any atom is 0.201 e. The van der Waals surface area contributed by atoms with Crippen LogP contribution in [-0.2, 0) is 6.54 Å². The summed E-state index contributed by atoms with van der Waals surface area (Å²) in [6, 6.07) is 5.94. The number of aryl methyl sites for hydroxylation is 1. The van der Waals surface area contributed by atoms with Crippen molar-refractivity contribution in [3.8, 4) is 5.75 Å². The number of nitrogens with zero attached hydrogens (tertiary/aromatic N) is 2. The lowest BCUT2D eigenvalue weighted by Gasteiger charge is -2.07. The molecule has 3 rings (SSSR count). The standard InChI is InChI=1S/C15H17N3OS/c1-3-19-13-6-4-5-12-14(13)17-15(16)18(12)7-11-9-20-8-10(11)2/h4-6,8-9H,3,7H2,1-2H3,(H2,16,17). The Bertz CT molecular complexity index is 745. The molecule has 0 unspecified atom stereocenters. The molecule has 0 aliphatic carbocycles. The summed E-state index contributed by atoms with van der Waals surface area (Å²) in [7, 11) is 0. The molecular weight excluding hydrogens is 270 g/mol. The van der Waals surface area contributed by atoms with Crippen molar-refractivity contribution in [1.82, 2.24) is 9.55 Å². The average Bonchev–Trinajstić information content (AvgIpc) is 2.97. The number of nitrogens with two attached hydrogens (primary N) is 1. The number of anilines is 1. The van der Waals surface area contributed by atoms with Crippen LogP contribution in [0.5, 0.6) is 5.75 Å². The van der Waals surface area contributed by atoms with Crippen LogP contribution in [0.4, 0.5) is 5.95 Å². The predicted molar refractivity (Wildman–Crippen MR) is 83.5 cm³/mol. The van der Waals surface area contributed by atoms with Crippen molar-refractivity contribution in [2.24, 2.45) is 0 Å². The van der Waals surface area contributed by atoms with Gasteiger partial charge in [0.2, 0.25) is 5.95 Å². The van der Waals surface area contributed by atoms with E-state index >= 15 is 0 Å². The van der Waals surface area contributed by atoms with Gasteiger partial charge in [0, 0.05) is 0 Å². The highest BCUT2D eigenvalue weighted by Crippen LogP contribution is 2.28. The normalized spacial score (nSPS) is 11.1. The number of hydrogen-bond donors (Lipinski definition) is 1. The van der Waals surface area contributed by atoms with E-state index in [9.17, 15) is 0 Å². The summed E-state index contributed by atoms with van der Waals surface area (Å²) in [6.45, 7) is 5.45. The summed E-state index contributed by atoms with van der Waals surface area (Å²) in [4.78, 5) is 4.46. The highest BCUT2D eigenvalue weighted by Gasteiger charge is 2.13. The van der Waals surface area contributed by atoms with Crippen molar-refractivity contribution in [1.29, 1.82) is 0 Å². The van der Waals surface area contributed by atoms with E-state index in [1.54, 1.807) is 11.3 Å². The first-order valence-corrected chi connectivity index (χ1v) is 7.54. The van der Waals surface area contributed by atoms with Crippen LogP contribution in [0.25, 0.3) is 11.0 Å². The third kappa shape index (κ3) is 2.14. The molecule has 1 aromatic carbocycles. The third-order valence-electron chi connectivity index (χ3n) is 3.36. The zero-order chi connectivity index (χ0) is 14.1. The van der Waals surface area contributed by atoms with Crippen LogP contribution in [0.15, 0.2) is 29.0 Å². The van der Waals surface area contributed by atoms with Crippen molar-refractivity contribution >= 4 is 28.3 Å². The van der Waals surface area contributed by atoms with E-state index in [0.29, 0.717) is 12.6 Å². The first-order chi connectivity index (χ1) is 9.70. The quantitative estimate of drug-likeness (QED) is 0.799. The molecule has 0 fully saturated rings. The van der Waals surface area contributed by atoms with Crippen LogP contribution >= 0.6 is 11.3 Å². The Labute approximate surface area is 121 Å². The molecule has 2 heterocycles. The number of benzene rings is 1. The number of nitrogen functional groups attached to an aromatic ring is 1. The number of ether oxygens (including phenoxy) is 1. The summed E-state index contributed by atoms with van der Waals surface area (Å²) in [5, 5.41) is 4.31. The number of para-hydroxylation sites is 1. The van der Waals surface area contributed by atoms with Gasteiger partial charge in [-0.2, -0.15) is 11.3 Å². The molecule has 104 valence electrons. The van der Waals surface area contributed by atoms with Crippen molar-refractivity contribution in [3.05, 3.63) is 40.1 Å². The van der Waals surface area contributed by atoms with Crippen LogP contribution in [-0.4, -0.2) is 16.2 Å². The Kier molecular flexibility index (Phi) is 3.36. The van der Waals surface area contributed by atoms with Crippen LogP contribution < -0.4 is 10.5 Å². The van der Waals surface area contributed by atoms with Gasteiger partial charge < -0.3 is 15.0 Å². The van der Waals surface area contributed by atoms with Crippen molar-refractivity contribution in [2.75, 3.05) is 12.3 Å². The summed E-state index contributed by atoms with van der Waals surface area (Å²) in [6.07, 6.45) is 0. The second-order valence-corrected chi connectivity index (χ2v) is 5.44. The highest BCUT2D eigenvalue weighted by molar-refractivity contribution is 7.08. The minimum absolute atomic E-state index is 0.526. The molecule has 0 atom stereocenters. The number of hydrogen-bond acceptors (Lipinski definition) is 4. The average molecular weight is 287 g/mol. The van der Waals surface area contributed by atoms with E-state index in [-0.39, 0.29) is 0 Å². The Morgan fingerprint density at radius 3 is 2.90 bits per heavy atom. The van der Waals surface area contributed by atoms with E-state index in [0.717, 1.165) is 23.3 Å². The predicted octanol–water partition coefficient (Wildman–Crippen LogP) is 3.44. The Balaban J connectivity index is 2.09. The molecule has 20 heavy (non-hydrogen) atoms. The van der Waals surface area contributed by atoms with E-state index < -0.39 is 0 Å². The lowest BCUT2D eigenvalue weighted by atomic mass is 10.2. The summed E-state index contributed by atoms with van der Waals surface area (Å²) in [5.41, 5.74) is 10.5. The lowest BCUT2D eigenvalue weighted by Crippen LogP contribution is -2.04. The molecule has 5 heteroatoms. The fourth-order valence-electron chi connectivity index (χ4n) is 2.30. The summed E-state index contributed by atoms with van der Waals surface area (Å²) in [5.74, 6) is 1.32. The van der Waals surface area contributed by atoms with Crippen molar-refractivity contribution in [2.45, 2.75) is 20.4 Å². The van der Waals surface area contributed by atoms with Crippen molar-refractivity contribution in [3.63, 3.8) is 0 Å². The first-order valence-electron chi connectivity index (χ1n) is 6.60. The third-order valence-corrected chi connectivity index (χ3v) is 4.27. The topological polar surface area (TPSA) is 53.1 Å². The summed E-state index contributed by atoms with van der Waals surface area (Å²) < 4.78 is 7.65. The number of rotatable bonds is 4. The van der Waals surface area contributed by atoms with Crippen LogP contribution in [0.1, 0.15) is 18.1 Å². The monoisotopic (exact) mass is 287 g/mol. The van der Waals surface area contributed by atoms with Gasteiger partial charge in [0.1, 0.15) is 11.3 Å². The molecule has 0 saturated heterocycles. The van der Waals surface area contributed by atoms with Gasteiger partial charge in [-0.05, 0) is 47.9 Å². The second-order valence-electron chi connectivity index (χ2n) is 4.69. The zero-order valence-electron chi connectivity index (χ0n) is 11.6. The van der Waals surface area contributed by atoms with E-state index in [1.165, 1.54) is 11.1 Å². The Hall–Kier alpha value is -2.01. The SMILES string of the molecule is CCOc1cccc2c1nc(N)n2Cc1cscc1C. The van der Waals surface area contributed by atoms with Gasteiger partial charge in [-0.1, -0.05) is 6.07 Å². The minimum atomic E-state index is 0.526. The van der Waals surface area contributed by atoms with Gasteiger partial charge in [0.15, 0.2) is 0 Å². The molecule has 0 saturated carbocycles. The molecule has 4 nitrogen and oxygen atoms in total. The van der Waals surface area contributed by atoms with Gasteiger partial charge in [-0.15, -0.1) is 0 Å². The van der Waals surface area contributed by atoms with Gasteiger partial charge >= 0.3 is 0 Å². The smallest absolute Gasteiger partial charge is 0.201 e. The molecule has 2 N–H and O–H groups in total. The Morgan fingerprint density at radius 2 is 2.20 bits per heavy atom. The van der Waals surface area contributed by atoms with Crippen LogP contribution in [0.3, 0.4) is 0 Å². The molecule has 3 aromatic rings.